The highest BCUT2D eigenvalue weighted by molar-refractivity contribution is 6.33. The van der Waals surface area contributed by atoms with Gasteiger partial charge in [0.2, 0.25) is 5.89 Å². The van der Waals surface area contributed by atoms with E-state index in [-0.39, 0.29) is 17.5 Å². The molecule has 5 nitrogen and oxygen atoms in total. The van der Waals surface area contributed by atoms with E-state index >= 15 is 0 Å². The van der Waals surface area contributed by atoms with Crippen LogP contribution in [-0.4, -0.2) is 23.4 Å². The van der Waals surface area contributed by atoms with E-state index < -0.39 is 0 Å². The molecule has 0 unspecified atom stereocenters. The van der Waals surface area contributed by atoms with Crippen molar-refractivity contribution in [2.45, 2.75) is 0 Å². The number of rotatable bonds is 4. The summed E-state index contributed by atoms with van der Waals surface area (Å²) in [7, 11) is 1.52. The number of hydrogen-bond donors (Lipinski definition) is 1. The molecule has 7 heteroatoms. The molecule has 1 heterocycles. The maximum Gasteiger partial charge on any atom is 0.312 e. The number of aromatic hydroxyl groups is 1. The van der Waals surface area contributed by atoms with E-state index in [2.05, 4.69) is 9.98 Å². The smallest absolute Gasteiger partial charge is 0.312 e. The van der Waals surface area contributed by atoms with Crippen LogP contribution in [0.5, 0.6) is 11.7 Å². The molecule has 122 valence electrons. The molecule has 1 N–H and O–H groups in total. The average Bonchev–Trinajstić information content (AvgIpc) is 2.95. The van der Waals surface area contributed by atoms with Gasteiger partial charge >= 0.3 is 5.95 Å². The Hall–Kier alpha value is -2.50. The summed E-state index contributed by atoms with van der Waals surface area (Å²) in [6.45, 7) is 0. The van der Waals surface area contributed by atoms with Crippen LogP contribution in [0.15, 0.2) is 51.9 Å². The van der Waals surface area contributed by atoms with E-state index in [1.165, 1.54) is 13.3 Å². The second-order valence-electron chi connectivity index (χ2n) is 4.76. The molecule has 0 fully saturated rings. The molecule has 0 spiro atoms. The zero-order valence-corrected chi connectivity index (χ0v) is 14.0. The third-order valence-corrected chi connectivity index (χ3v) is 3.76. The van der Waals surface area contributed by atoms with Crippen molar-refractivity contribution in [2.24, 2.45) is 4.99 Å². The van der Waals surface area contributed by atoms with Gasteiger partial charge in [-0.25, -0.2) is 4.98 Å². The van der Waals surface area contributed by atoms with E-state index in [1.807, 2.05) is 6.07 Å². The molecule has 0 aliphatic heterocycles. The van der Waals surface area contributed by atoms with Crippen molar-refractivity contribution in [2.75, 3.05) is 7.11 Å². The van der Waals surface area contributed by atoms with Crippen molar-refractivity contribution in [3.63, 3.8) is 0 Å². The second kappa shape index (κ2) is 6.95. The van der Waals surface area contributed by atoms with Crippen LogP contribution in [0.2, 0.25) is 10.0 Å². The van der Waals surface area contributed by atoms with Gasteiger partial charge in [0.15, 0.2) is 5.69 Å². The normalized spacial score (nSPS) is 11.1. The molecule has 3 rings (SSSR count). The van der Waals surface area contributed by atoms with Crippen molar-refractivity contribution in [3.8, 4) is 23.1 Å². The van der Waals surface area contributed by atoms with Crippen molar-refractivity contribution < 1.29 is 14.3 Å². The summed E-state index contributed by atoms with van der Waals surface area (Å²) in [5, 5.41) is 10.9. The topological polar surface area (TPSA) is 67.9 Å². The molecule has 0 bridgehead atoms. The van der Waals surface area contributed by atoms with E-state index in [0.29, 0.717) is 27.0 Å². The number of para-hydroxylation sites is 1. The lowest BCUT2D eigenvalue weighted by atomic mass is 10.2. The molecule has 1 aromatic heterocycles. The van der Waals surface area contributed by atoms with Gasteiger partial charge in [0, 0.05) is 5.02 Å². The van der Waals surface area contributed by atoms with E-state index in [1.54, 1.807) is 36.4 Å². The number of hydrogen-bond acceptors (Lipinski definition) is 5. The van der Waals surface area contributed by atoms with Gasteiger partial charge in [-0.3, -0.25) is 4.99 Å². The Morgan fingerprint density at radius 1 is 1.21 bits per heavy atom. The number of nitrogens with zero attached hydrogens (tertiary/aromatic N) is 2. The lowest BCUT2D eigenvalue weighted by Crippen LogP contribution is -1.88. The molecule has 0 aliphatic rings. The highest BCUT2D eigenvalue weighted by Gasteiger charge is 2.16. The standard InChI is InChI=1S/C17H12Cl2N2O3/c1-23-15-7-6-10(18)8-11(15)16-21-14(17(22)24-16)9-20-13-5-3-2-4-12(13)19/h2-9,22H,1H3. The van der Waals surface area contributed by atoms with Crippen LogP contribution >= 0.6 is 23.2 Å². The second-order valence-corrected chi connectivity index (χ2v) is 5.61. The molecule has 3 aromatic rings. The fourth-order valence-electron chi connectivity index (χ4n) is 2.06. The minimum atomic E-state index is -0.358. The van der Waals surface area contributed by atoms with E-state index in [0.717, 1.165) is 0 Å². The first-order valence-electron chi connectivity index (χ1n) is 6.91. The van der Waals surface area contributed by atoms with Crippen LogP contribution in [0.4, 0.5) is 5.69 Å². The Morgan fingerprint density at radius 2 is 2.00 bits per heavy atom. The first-order valence-corrected chi connectivity index (χ1v) is 7.66. The summed E-state index contributed by atoms with van der Waals surface area (Å²) < 4.78 is 10.6. The largest absolute Gasteiger partial charge is 0.496 e. The monoisotopic (exact) mass is 362 g/mol. The van der Waals surface area contributed by atoms with Crippen LogP contribution in [0.3, 0.4) is 0 Å². The zero-order chi connectivity index (χ0) is 17.1. The number of ether oxygens (including phenoxy) is 1. The van der Waals surface area contributed by atoms with Gasteiger partial charge in [-0.2, -0.15) is 0 Å². The van der Waals surface area contributed by atoms with Gasteiger partial charge in [0.25, 0.3) is 0 Å². The molecular formula is C17H12Cl2N2O3. The predicted octanol–water partition coefficient (Wildman–Crippen LogP) is 5.11. The summed E-state index contributed by atoms with van der Waals surface area (Å²) >= 11 is 12.0. The third kappa shape index (κ3) is 3.37. The van der Waals surface area contributed by atoms with E-state index in [4.69, 9.17) is 32.4 Å². The lowest BCUT2D eigenvalue weighted by molar-refractivity contribution is 0.336. The Balaban J connectivity index is 1.97. The third-order valence-electron chi connectivity index (χ3n) is 3.20. The summed E-state index contributed by atoms with van der Waals surface area (Å²) in [5.41, 5.74) is 1.26. The average molecular weight is 363 g/mol. The lowest BCUT2D eigenvalue weighted by Gasteiger charge is -2.04. The minimum Gasteiger partial charge on any atom is -0.496 e. The first kappa shape index (κ1) is 16.4. The van der Waals surface area contributed by atoms with Crippen molar-refractivity contribution >= 4 is 35.1 Å². The van der Waals surface area contributed by atoms with Gasteiger partial charge in [-0.1, -0.05) is 35.3 Å². The summed E-state index contributed by atoms with van der Waals surface area (Å²) in [6.07, 6.45) is 1.38. The summed E-state index contributed by atoms with van der Waals surface area (Å²) in [6, 6.07) is 12.1. The molecule has 0 saturated carbocycles. The Kier molecular flexibility index (Phi) is 4.74. The van der Waals surface area contributed by atoms with Crippen LogP contribution in [0, 0.1) is 0 Å². The molecule has 0 saturated heterocycles. The van der Waals surface area contributed by atoms with E-state index in [9.17, 15) is 5.11 Å². The number of halogens is 2. The maximum atomic E-state index is 9.95. The SMILES string of the molecule is COc1ccc(Cl)cc1-c1nc(C=Nc2ccccc2Cl)c(O)o1. The fourth-order valence-corrected chi connectivity index (χ4v) is 2.41. The highest BCUT2D eigenvalue weighted by Crippen LogP contribution is 2.34. The van der Waals surface area contributed by atoms with Crippen LogP contribution < -0.4 is 4.74 Å². The zero-order valence-electron chi connectivity index (χ0n) is 12.5. The van der Waals surface area contributed by atoms with Crippen molar-refractivity contribution in [1.29, 1.82) is 0 Å². The fraction of sp³-hybridized carbons (Fsp3) is 0.0588. The molecule has 0 atom stereocenters. The Bertz CT molecular complexity index is 907. The van der Waals surface area contributed by atoms with Crippen molar-refractivity contribution in [1.82, 2.24) is 4.98 Å². The van der Waals surface area contributed by atoms with Gasteiger partial charge in [-0.05, 0) is 30.3 Å². The molecule has 0 radical (unpaired) electrons. The molecular weight excluding hydrogens is 351 g/mol. The van der Waals surface area contributed by atoms with Crippen LogP contribution in [-0.2, 0) is 0 Å². The number of benzene rings is 2. The Morgan fingerprint density at radius 3 is 2.75 bits per heavy atom. The summed E-state index contributed by atoms with van der Waals surface area (Å²) in [5.74, 6) is 0.338. The summed E-state index contributed by atoms with van der Waals surface area (Å²) in [4.78, 5) is 8.43. The van der Waals surface area contributed by atoms with Gasteiger partial charge in [-0.15, -0.1) is 0 Å². The number of methoxy groups -OCH3 is 1. The van der Waals surface area contributed by atoms with Crippen molar-refractivity contribution in [3.05, 3.63) is 58.2 Å². The predicted molar refractivity (Wildman–Crippen MR) is 93.9 cm³/mol. The first-order chi connectivity index (χ1) is 11.6. The molecule has 0 aliphatic carbocycles. The highest BCUT2D eigenvalue weighted by atomic mass is 35.5. The van der Waals surface area contributed by atoms with Gasteiger partial charge < -0.3 is 14.3 Å². The van der Waals surface area contributed by atoms with Gasteiger partial charge in [0.05, 0.1) is 29.6 Å². The maximum absolute atomic E-state index is 9.95. The molecule has 2 aromatic carbocycles. The van der Waals surface area contributed by atoms with Crippen LogP contribution in [0.1, 0.15) is 5.69 Å². The molecule has 24 heavy (non-hydrogen) atoms. The number of oxazole rings is 1. The number of aliphatic imine (C=N–C) groups is 1. The number of aromatic nitrogens is 1. The van der Waals surface area contributed by atoms with Crippen LogP contribution in [0.25, 0.3) is 11.5 Å². The quantitative estimate of drug-likeness (QED) is 0.654. The minimum absolute atomic E-state index is 0.173. The van der Waals surface area contributed by atoms with Gasteiger partial charge in [0.1, 0.15) is 5.75 Å². The molecule has 0 amide bonds. The Labute approximate surface area is 148 Å².